The summed E-state index contributed by atoms with van der Waals surface area (Å²) in [4.78, 5) is 18.1. The van der Waals surface area contributed by atoms with Gasteiger partial charge in [0.25, 0.3) is 5.91 Å². The van der Waals surface area contributed by atoms with Crippen molar-refractivity contribution in [1.82, 2.24) is 5.32 Å². The largest absolute Gasteiger partial charge is 0.304 e. The van der Waals surface area contributed by atoms with E-state index < -0.39 is 0 Å². The van der Waals surface area contributed by atoms with Gasteiger partial charge < -0.3 is 5.32 Å². The maximum atomic E-state index is 11.7. The molecule has 3 nitrogen and oxygen atoms in total. The second-order valence-corrected chi connectivity index (χ2v) is 5.36. The van der Waals surface area contributed by atoms with Crippen LogP contribution in [0.25, 0.3) is 6.08 Å². The lowest BCUT2D eigenvalue weighted by atomic mass is 10.3. The first-order chi connectivity index (χ1) is 8.33. The van der Waals surface area contributed by atoms with Crippen molar-refractivity contribution in [2.75, 3.05) is 0 Å². The van der Waals surface area contributed by atoms with Crippen molar-refractivity contribution in [2.45, 2.75) is 0 Å². The van der Waals surface area contributed by atoms with Crippen molar-refractivity contribution < 1.29 is 4.79 Å². The Labute approximate surface area is 106 Å². The summed E-state index contributed by atoms with van der Waals surface area (Å²) in [5.74, 6) is 0.509. The van der Waals surface area contributed by atoms with Crippen LogP contribution in [0.15, 0.2) is 45.7 Å². The Balaban J connectivity index is 1.95. The average molecular weight is 260 g/mol. The molecule has 3 heterocycles. The number of thiophene rings is 2. The highest BCUT2D eigenvalue weighted by molar-refractivity contribution is 7.12. The minimum absolute atomic E-state index is 0.137. The molecule has 0 bridgehead atoms. The van der Waals surface area contributed by atoms with E-state index in [1.165, 1.54) is 0 Å². The third kappa shape index (κ3) is 2.07. The fourth-order valence-corrected chi connectivity index (χ4v) is 2.83. The summed E-state index contributed by atoms with van der Waals surface area (Å²) in [6.45, 7) is 0. The molecule has 3 rings (SSSR count). The fraction of sp³-hybridized carbons (Fsp3) is 0. The van der Waals surface area contributed by atoms with E-state index in [1.54, 1.807) is 28.7 Å². The Morgan fingerprint density at radius 1 is 1.18 bits per heavy atom. The molecule has 0 saturated heterocycles. The number of nitrogens with one attached hydrogen (secondary N) is 1. The van der Waals surface area contributed by atoms with Gasteiger partial charge in [-0.05, 0) is 29.0 Å². The summed E-state index contributed by atoms with van der Waals surface area (Å²) < 4.78 is 0. The number of amidine groups is 1. The van der Waals surface area contributed by atoms with E-state index in [1.807, 2.05) is 35.0 Å². The van der Waals surface area contributed by atoms with Gasteiger partial charge in [0.2, 0.25) is 0 Å². The van der Waals surface area contributed by atoms with Crippen LogP contribution in [-0.4, -0.2) is 11.7 Å². The highest BCUT2D eigenvalue weighted by atomic mass is 32.1. The second kappa shape index (κ2) is 4.27. The van der Waals surface area contributed by atoms with Crippen molar-refractivity contribution in [3.8, 4) is 0 Å². The van der Waals surface area contributed by atoms with Crippen molar-refractivity contribution >= 4 is 40.5 Å². The number of nitrogens with zero attached hydrogens (tertiary/aromatic N) is 1. The summed E-state index contributed by atoms with van der Waals surface area (Å²) in [5.41, 5.74) is 0.468. The Morgan fingerprint density at radius 3 is 2.71 bits per heavy atom. The molecule has 0 aromatic carbocycles. The molecule has 1 N–H and O–H groups in total. The van der Waals surface area contributed by atoms with Crippen LogP contribution in [0.1, 0.15) is 9.75 Å². The lowest BCUT2D eigenvalue weighted by Crippen LogP contribution is -2.23. The summed E-state index contributed by atoms with van der Waals surface area (Å²) >= 11 is 3.15. The lowest BCUT2D eigenvalue weighted by Gasteiger charge is -1.93. The monoisotopic (exact) mass is 260 g/mol. The van der Waals surface area contributed by atoms with Crippen LogP contribution in [0, 0.1) is 0 Å². The van der Waals surface area contributed by atoms with E-state index in [0.717, 1.165) is 9.75 Å². The number of hydrogen-bond acceptors (Lipinski definition) is 4. The zero-order valence-electron chi connectivity index (χ0n) is 8.71. The second-order valence-electron chi connectivity index (χ2n) is 3.44. The van der Waals surface area contributed by atoms with E-state index in [2.05, 4.69) is 10.3 Å². The van der Waals surface area contributed by atoms with Gasteiger partial charge in [-0.15, -0.1) is 22.7 Å². The Morgan fingerprint density at radius 2 is 2.00 bits per heavy atom. The number of carbonyl (C=O) groups is 1. The Bertz CT molecular complexity index is 595. The summed E-state index contributed by atoms with van der Waals surface area (Å²) in [6.07, 6.45) is 1.81. The van der Waals surface area contributed by atoms with Crippen molar-refractivity contribution in [3.63, 3.8) is 0 Å². The molecule has 2 aromatic heterocycles. The molecule has 0 unspecified atom stereocenters. The van der Waals surface area contributed by atoms with Crippen LogP contribution in [-0.2, 0) is 4.79 Å². The van der Waals surface area contributed by atoms with E-state index in [4.69, 9.17) is 0 Å². The number of aliphatic imine (C=N–C) groups is 1. The molecule has 84 valence electrons. The number of hydrogen-bond donors (Lipinski definition) is 1. The predicted molar refractivity (Wildman–Crippen MR) is 71.3 cm³/mol. The number of rotatable bonds is 2. The molecule has 1 aliphatic rings. The van der Waals surface area contributed by atoms with Gasteiger partial charge in [-0.25, -0.2) is 4.99 Å². The third-order valence-corrected chi connectivity index (χ3v) is 3.97. The van der Waals surface area contributed by atoms with Gasteiger partial charge in [-0.2, -0.15) is 0 Å². The van der Waals surface area contributed by atoms with Gasteiger partial charge >= 0.3 is 0 Å². The highest BCUT2D eigenvalue weighted by Gasteiger charge is 2.21. The lowest BCUT2D eigenvalue weighted by molar-refractivity contribution is -0.115. The van der Waals surface area contributed by atoms with E-state index >= 15 is 0 Å². The zero-order valence-corrected chi connectivity index (χ0v) is 10.3. The zero-order chi connectivity index (χ0) is 11.7. The minimum Gasteiger partial charge on any atom is -0.304 e. The Kier molecular flexibility index (Phi) is 2.62. The molecule has 0 fully saturated rings. The smallest absolute Gasteiger partial charge is 0.275 e. The van der Waals surface area contributed by atoms with E-state index in [-0.39, 0.29) is 5.91 Å². The van der Waals surface area contributed by atoms with Gasteiger partial charge in [0.15, 0.2) is 5.84 Å². The molecule has 0 spiro atoms. The van der Waals surface area contributed by atoms with Crippen molar-refractivity contribution in [2.24, 2.45) is 4.99 Å². The molecule has 0 saturated carbocycles. The number of amides is 1. The van der Waals surface area contributed by atoms with Crippen molar-refractivity contribution in [1.29, 1.82) is 0 Å². The molecule has 5 heteroatoms. The van der Waals surface area contributed by atoms with Crippen LogP contribution in [0.5, 0.6) is 0 Å². The maximum absolute atomic E-state index is 11.7. The highest BCUT2D eigenvalue weighted by Crippen LogP contribution is 2.19. The van der Waals surface area contributed by atoms with E-state index in [9.17, 15) is 4.79 Å². The van der Waals surface area contributed by atoms with Gasteiger partial charge in [-0.3, -0.25) is 4.79 Å². The molecule has 2 aromatic rings. The molecule has 0 aliphatic carbocycles. The topological polar surface area (TPSA) is 41.5 Å². The van der Waals surface area contributed by atoms with Crippen LogP contribution in [0.4, 0.5) is 0 Å². The quantitative estimate of drug-likeness (QED) is 0.829. The molecule has 17 heavy (non-hydrogen) atoms. The van der Waals surface area contributed by atoms with Crippen molar-refractivity contribution in [3.05, 3.63) is 50.5 Å². The van der Waals surface area contributed by atoms with E-state index in [0.29, 0.717) is 11.5 Å². The van der Waals surface area contributed by atoms with Crippen LogP contribution >= 0.6 is 22.7 Å². The average Bonchev–Trinajstić information content (AvgIpc) is 3.02. The summed E-state index contributed by atoms with van der Waals surface area (Å²) in [5, 5.41) is 6.72. The molecular weight excluding hydrogens is 252 g/mol. The minimum atomic E-state index is -0.137. The van der Waals surface area contributed by atoms with Gasteiger partial charge in [0, 0.05) is 4.88 Å². The molecular formula is C12H8N2OS2. The first-order valence-electron chi connectivity index (χ1n) is 5.02. The SMILES string of the molecule is O=C1NC(c2cccs2)=N/C1=C/c1cccs1. The molecule has 1 aliphatic heterocycles. The normalized spacial score (nSPS) is 17.3. The Hall–Kier alpha value is -1.72. The third-order valence-electron chi connectivity index (χ3n) is 2.27. The molecule has 0 radical (unpaired) electrons. The summed E-state index contributed by atoms with van der Waals surface area (Å²) in [6, 6.07) is 7.80. The van der Waals surface area contributed by atoms with Gasteiger partial charge in [0.1, 0.15) is 5.70 Å². The van der Waals surface area contributed by atoms with Gasteiger partial charge in [0.05, 0.1) is 4.88 Å². The van der Waals surface area contributed by atoms with Gasteiger partial charge in [-0.1, -0.05) is 12.1 Å². The first kappa shape index (κ1) is 10.4. The van der Waals surface area contributed by atoms with Crippen LogP contribution in [0.3, 0.4) is 0 Å². The molecule has 0 atom stereocenters. The van der Waals surface area contributed by atoms with Crippen LogP contribution < -0.4 is 5.32 Å². The maximum Gasteiger partial charge on any atom is 0.275 e. The van der Waals surface area contributed by atoms with Crippen LogP contribution in [0.2, 0.25) is 0 Å². The summed E-state index contributed by atoms with van der Waals surface area (Å²) in [7, 11) is 0. The fourth-order valence-electron chi connectivity index (χ4n) is 1.51. The first-order valence-corrected chi connectivity index (χ1v) is 6.78. The number of carbonyl (C=O) groups excluding carboxylic acids is 1. The standard InChI is InChI=1S/C12H8N2OS2/c15-12-9(7-8-3-1-5-16-8)13-11(14-12)10-4-2-6-17-10/h1-7H,(H,13,14,15)/b9-7+. The molecule has 1 amide bonds. The predicted octanol–water partition coefficient (Wildman–Crippen LogP) is 2.73.